The van der Waals surface area contributed by atoms with Crippen LogP contribution in [-0.4, -0.2) is 38.6 Å². The molecule has 0 aliphatic carbocycles. The van der Waals surface area contributed by atoms with Gasteiger partial charge in [0.25, 0.3) is 0 Å². The van der Waals surface area contributed by atoms with Gasteiger partial charge in [0.05, 0.1) is 11.4 Å². The summed E-state index contributed by atoms with van der Waals surface area (Å²) >= 11 is 0. The second-order valence-electron chi connectivity index (χ2n) is 9.08. The van der Waals surface area contributed by atoms with Crippen molar-refractivity contribution in [3.05, 3.63) is 108 Å². The van der Waals surface area contributed by atoms with Gasteiger partial charge in [0.2, 0.25) is 0 Å². The maximum atomic E-state index is 4.87. The highest BCUT2D eigenvalue weighted by Crippen LogP contribution is 2.36. The summed E-state index contributed by atoms with van der Waals surface area (Å²) in [5, 5.41) is 0. The van der Waals surface area contributed by atoms with E-state index >= 15 is 0 Å². The molecule has 0 bridgehead atoms. The third-order valence-electron chi connectivity index (χ3n) is 6.85. The van der Waals surface area contributed by atoms with E-state index in [1.54, 1.807) is 0 Å². The van der Waals surface area contributed by atoms with Crippen molar-refractivity contribution >= 4 is 35.2 Å². The molecular formula is C34H38N4. The van der Waals surface area contributed by atoms with Crippen LogP contribution in [0.1, 0.15) is 38.8 Å². The van der Waals surface area contributed by atoms with Crippen molar-refractivity contribution in [2.24, 2.45) is 9.98 Å². The lowest BCUT2D eigenvalue weighted by Crippen LogP contribution is -2.21. The molecule has 0 saturated carbocycles. The van der Waals surface area contributed by atoms with Gasteiger partial charge in [0.15, 0.2) is 0 Å². The van der Waals surface area contributed by atoms with E-state index < -0.39 is 0 Å². The van der Waals surface area contributed by atoms with E-state index in [1.165, 1.54) is 11.4 Å². The Kier molecular flexibility index (Phi) is 9.47. The molecule has 4 aromatic carbocycles. The highest BCUT2D eigenvalue weighted by Gasteiger charge is 2.08. The lowest BCUT2D eigenvalue weighted by molar-refractivity contribution is 0.866. The first-order valence-corrected chi connectivity index (χ1v) is 13.6. The highest BCUT2D eigenvalue weighted by atomic mass is 15.1. The standard InChI is InChI=1S/C34H38N4/c1-5-37(6-2)29-21-17-27(18-22-29)25-35-33-15-11-9-13-31(33)32-14-10-12-16-34(32)36-26-28-19-23-30(24-20-28)38(7-3)8-4/h9-26H,5-8H2,1-4H3. The maximum absolute atomic E-state index is 4.87. The molecule has 38 heavy (non-hydrogen) atoms. The molecule has 4 aromatic rings. The summed E-state index contributed by atoms with van der Waals surface area (Å²) in [6.07, 6.45) is 3.88. The Morgan fingerprint density at radius 2 is 0.816 bits per heavy atom. The Bertz CT molecular complexity index is 1240. The smallest absolute Gasteiger partial charge is 0.0709 e. The largest absolute Gasteiger partial charge is 0.372 e. The molecule has 4 heteroatoms. The van der Waals surface area contributed by atoms with E-state index in [-0.39, 0.29) is 0 Å². The normalized spacial score (nSPS) is 11.4. The van der Waals surface area contributed by atoms with Crippen LogP contribution in [0.15, 0.2) is 107 Å². The molecule has 0 heterocycles. The Balaban J connectivity index is 1.57. The predicted molar refractivity (Wildman–Crippen MR) is 166 cm³/mol. The molecule has 4 rings (SSSR count). The number of benzene rings is 4. The summed E-state index contributed by atoms with van der Waals surface area (Å²) in [6, 6.07) is 33.7. The molecule has 0 unspecified atom stereocenters. The number of aliphatic imine (C=N–C) groups is 2. The van der Waals surface area contributed by atoms with Crippen LogP contribution in [0.3, 0.4) is 0 Å². The number of rotatable bonds is 11. The van der Waals surface area contributed by atoms with Crippen LogP contribution in [-0.2, 0) is 0 Å². The molecule has 4 nitrogen and oxygen atoms in total. The van der Waals surface area contributed by atoms with Crippen LogP contribution in [0.2, 0.25) is 0 Å². The zero-order valence-corrected chi connectivity index (χ0v) is 23.0. The number of hydrogen-bond donors (Lipinski definition) is 0. The zero-order valence-electron chi connectivity index (χ0n) is 23.0. The van der Waals surface area contributed by atoms with Gasteiger partial charge in [-0.2, -0.15) is 0 Å². The van der Waals surface area contributed by atoms with Gasteiger partial charge in [-0.25, -0.2) is 0 Å². The van der Waals surface area contributed by atoms with Gasteiger partial charge < -0.3 is 9.80 Å². The van der Waals surface area contributed by atoms with Crippen LogP contribution in [0.5, 0.6) is 0 Å². The summed E-state index contributed by atoms with van der Waals surface area (Å²) in [6.45, 7) is 12.7. The van der Waals surface area contributed by atoms with Crippen LogP contribution >= 0.6 is 0 Å². The van der Waals surface area contributed by atoms with Crippen LogP contribution in [0.25, 0.3) is 11.1 Å². The van der Waals surface area contributed by atoms with Crippen molar-refractivity contribution in [2.75, 3.05) is 36.0 Å². The second-order valence-corrected chi connectivity index (χ2v) is 9.08. The van der Waals surface area contributed by atoms with Crippen molar-refractivity contribution < 1.29 is 0 Å². The van der Waals surface area contributed by atoms with Crippen LogP contribution in [0.4, 0.5) is 22.7 Å². The third-order valence-corrected chi connectivity index (χ3v) is 6.85. The molecule has 0 saturated heterocycles. The lowest BCUT2D eigenvalue weighted by Gasteiger charge is -2.20. The molecular weight excluding hydrogens is 464 g/mol. The summed E-state index contributed by atoms with van der Waals surface area (Å²) < 4.78 is 0. The molecule has 0 atom stereocenters. The van der Waals surface area contributed by atoms with Crippen LogP contribution < -0.4 is 9.80 Å². The van der Waals surface area contributed by atoms with Gasteiger partial charge in [-0.05, 0) is 75.2 Å². The Labute approximate surface area is 228 Å². The van der Waals surface area contributed by atoms with E-state index in [0.29, 0.717) is 0 Å². The van der Waals surface area contributed by atoms with Gasteiger partial charge in [0.1, 0.15) is 0 Å². The average molecular weight is 503 g/mol. The number of hydrogen-bond acceptors (Lipinski definition) is 4. The molecule has 0 spiro atoms. The van der Waals surface area contributed by atoms with Gasteiger partial charge in [0, 0.05) is 61.1 Å². The van der Waals surface area contributed by atoms with Crippen LogP contribution in [0, 0.1) is 0 Å². The van der Waals surface area contributed by atoms with Gasteiger partial charge in [-0.3, -0.25) is 9.98 Å². The molecule has 194 valence electrons. The first-order chi connectivity index (χ1) is 18.7. The van der Waals surface area contributed by atoms with Crippen molar-refractivity contribution in [1.29, 1.82) is 0 Å². The van der Waals surface area contributed by atoms with Crippen molar-refractivity contribution in [1.82, 2.24) is 0 Å². The molecule has 0 aliphatic heterocycles. The SMILES string of the molecule is CCN(CC)c1ccc(C=Nc2ccccc2-c2ccccc2N=Cc2ccc(N(CC)CC)cc2)cc1. The van der Waals surface area contributed by atoms with E-state index in [9.17, 15) is 0 Å². The van der Waals surface area contributed by atoms with Crippen molar-refractivity contribution in [2.45, 2.75) is 27.7 Å². The minimum atomic E-state index is 0.923. The summed E-state index contributed by atoms with van der Waals surface area (Å²) in [5.74, 6) is 0. The van der Waals surface area contributed by atoms with Gasteiger partial charge in [-0.15, -0.1) is 0 Å². The van der Waals surface area contributed by atoms with Gasteiger partial charge in [-0.1, -0.05) is 60.7 Å². The number of nitrogens with zero attached hydrogens (tertiary/aromatic N) is 4. The van der Waals surface area contributed by atoms with E-state index in [1.807, 2.05) is 24.6 Å². The molecule has 0 aromatic heterocycles. The first kappa shape index (κ1) is 26.9. The molecule has 0 aliphatic rings. The zero-order chi connectivity index (χ0) is 26.7. The fraction of sp³-hybridized carbons (Fsp3) is 0.235. The Morgan fingerprint density at radius 3 is 1.16 bits per heavy atom. The minimum absolute atomic E-state index is 0.923. The minimum Gasteiger partial charge on any atom is -0.372 e. The average Bonchev–Trinajstić information content (AvgIpc) is 2.98. The van der Waals surface area contributed by atoms with E-state index in [4.69, 9.17) is 9.98 Å². The Hall–Kier alpha value is -4.18. The topological polar surface area (TPSA) is 31.2 Å². The fourth-order valence-corrected chi connectivity index (χ4v) is 4.64. The third kappa shape index (κ3) is 6.57. The van der Waals surface area contributed by atoms with E-state index in [2.05, 4.69) is 122 Å². The summed E-state index contributed by atoms with van der Waals surface area (Å²) in [7, 11) is 0. The fourth-order valence-electron chi connectivity index (χ4n) is 4.64. The highest BCUT2D eigenvalue weighted by molar-refractivity contribution is 5.91. The predicted octanol–water partition coefficient (Wildman–Crippen LogP) is 8.55. The van der Waals surface area contributed by atoms with Crippen molar-refractivity contribution in [3.8, 4) is 11.1 Å². The van der Waals surface area contributed by atoms with E-state index in [0.717, 1.165) is 59.8 Å². The number of anilines is 2. The summed E-state index contributed by atoms with van der Waals surface area (Å²) in [4.78, 5) is 14.4. The molecule has 0 fully saturated rings. The summed E-state index contributed by atoms with van der Waals surface area (Å²) in [5.41, 5.74) is 8.61. The Morgan fingerprint density at radius 1 is 0.474 bits per heavy atom. The molecule has 0 N–H and O–H groups in total. The quantitative estimate of drug-likeness (QED) is 0.192. The molecule has 0 radical (unpaired) electrons. The lowest BCUT2D eigenvalue weighted by atomic mass is 10.0. The first-order valence-electron chi connectivity index (χ1n) is 13.6. The monoisotopic (exact) mass is 502 g/mol. The number of para-hydroxylation sites is 2. The second kappa shape index (κ2) is 13.4. The molecule has 0 amide bonds. The maximum Gasteiger partial charge on any atom is 0.0709 e. The van der Waals surface area contributed by atoms with Gasteiger partial charge >= 0.3 is 0 Å². The van der Waals surface area contributed by atoms with Crippen molar-refractivity contribution in [3.63, 3.8) is 0 Å².